The lowest BCUT2D eigenvalue weighted by Crippen LogP contribution is -2.44. The number of carbonyl (C=O) groups is 3. The molecule has 0 aliphatic rings. The molecule has 0 heterocycles. The van der Waals surface area contributed by atoms with Crippen LogP contribution < -0.4 is 5.11 Å². The summed E-state index contributed by atoms with van der Waals surface area (Å²) in [5.41, 5.74) is 0. The van der Waals surface area contributed by atoms with E-state index < -0.39 is 24.3 Å². The van der Waals surface area contributed by atoms with Gasteiger partial charge in [0, 0.05) is 12.8 Å². The first kappa shape index (κ1) is 89.6. The van der Waals surface area contributed by atoms with Gasteiger partial charge in [0.1, 0.15) is 13.2 Å². The molecule has 0 radical (unpaired) electrons. The number of nitrogens with zero attached hydrogens (tertiary/aromatic N) is 1. The average molecular weight is 1320 g/mol. The Kier molecular flexibility index (Phi) is 70.2. The molecule has 2 atom stereocenters. The summed E-state index contributed by atoms with van der Waals surface area (Å²) < 4.78 is 22.8. The van der Waals surface area contributed by atoms with Gasteiger partial charge in [-0.25, -0.2) is 0 Å². The molecule has 0 aromatic rings. The molecule has 0 saturated heterocycles. The largest absolute Gasteiger partial charge is 0.545 e. The minimum atomic E-state index is -1.64. The predicted molar refractivity (Wildman–Crippen MR) is 407 cm³/mol. The number of esters is 2. The maximum Gasteiger partial charge on any atom is 0.306 e. The topological polar surface area (TPSA) is 111 Å². The summed E-state index contributed by atoms with van der Waals surface area (Å²) in [7, 11) is 5.92. The molecule has 9 nitrogen and oxygen atoms in total. The van der Waals surface area contributed by atoms with Crippen LogP contribution in [0.4, 0.5) is 0 Å². The first-order chi connectivity index (χ1) is 46.6. The summed E-state index contributed by atoms with van der Waals surface area (Å²) in [5, 5.41) is 11.9. The number of ether oxygens (including phenoxy) is 4. The molecule has 2 unspecified atom stereocenters. The first-order valence-electron chi connectivity index (χ1n) is 38.3. The second kappa shape index (κ2) is 74.4. The Morgan fingerprint density at radius 3 is 0.842 bits per heavy atom. The summed E-state index contributed by atoms with van der Waals surface area (Å²) in [6.07, 6.45) is 109. The highest BCUT2D eigenvalue weighted by Crippen LogP contribution is 2.17. The smallest absolute Gasteiger partial charge is 0.306 e. The predicted octanol–water partition coefficient (Wildman–Crippen LogP) is 23.2. The normalized spacial score (nSPS) is 13.7. The average Bonchev–Trinajstić information content (AvgIpc) is 3.75. The van der Waals surface area contributed by atoms with E-state index in [4.69, 9.17) is 18.9 Å². The van der Waals surface area contributed by atoms with E-state index in [1.807, 2.05) is 21.1 Å². The van der Waals surface area contributed by atoms with E-state index in [0.717, 1.165) is 141 Å². The molecule has 0 aromatic carbocycles. The van der Waals surface area contributed by atoms with Gasteiger partial charge in [0.2, 0.25) is 0 Å². The van der Waals surface area contributed by atoms with Gasteiger partial charge >= 0.3 is 11.9 Å². The molecule has 0 aromatic heterocycles. The number of hydrogen-bond donors (Lipinski definition) is 0. The molecular formula is C86H141NO8. The van der Waals surface area contributed by atoms with E-state index in [0.29, 0.717) is 17.4 Å². The van der Waals surface area contributed by atoms with Crippen LogP contribution in [0.25, 0.3) is 0 Å². The van der Waals surface area contributed by atoms with Crippen LogP contribution in [-0.2, 0) is 33.3 Å². The summed E-state index contributed by atoms with van der Waals surface area (Å²) in [6, 6.07) is 0. The summed E-state index contributed by atoms with van der Waals surface area (Å²) in [5.74, 6) is -2.31. The summed E-state index contributed by atoms with van der Waals surface area (Å²) >= 11 is 0. The second-order valence-electron chi connectivity index (χ2n) is 26.2. The number of carboxylic acid groups (broad SMARTS) is 1. The minimum absolute atomic E-state index is 0.136. The Labute approximate surface area is 584 Å². The Balaban J connectivity index is 4.12. The molecule has 0 saturated carbocycles. The van der Waals surface area contributed by atoms with Gasteiger partial charge < -0.3 is 33.3 Å². The summed E-state index contributed by atoms with van der Waals surface area (Å²) in [6.45, 7) is 4.50. The number of allylic oxidation sites excluding steroid dienone is 28. The highest BCUT2D eigenvalue weighted by atomic mass is 16.7. The van der Waals surface area contributed by atoms with Crippen molar-refractivity contribution >= 4 is 17.9 Å². The molecule has 0 spiro atoms. The molecule has 0 rings (SSSR count). The van der Waals surface area contributed by atoms with Crippen molar-refractivity contribution < 1.29 is 42.9 Å². The van der Waals surface area contributed by atoms with Crippen LogP contribution in [0.1, 0.15) is 296 Å². The zero-order valence-corrected chi connectivity index (χ0v) is 61.5. The number of carbonyl (C=O) groups excluding carboxylic acids is 3. The molecular weight excluding hydrogens is 1170 g/mol. The number of aliphatic carboxylic acids is 1. The van der Waals surface area contributed by atoms with Gasteiger partial charge in [-0.3, -0.25) is 9.59 Å². The van der Waals surface area contributed by atoms with Crippen molar-refractivity contribution in [1.29, 1.82) is 0 Å². The lowest BCUT2D eigenvalue weighted by Gasteiger charge is -2.26. The molecule has 0 aliphatic carbocycles. The number of likely N-dealkylation sites (N-methyl/N-ethyl adjacent to an activating group) is 1. The van der Waals surface area contributed by atoms with E-state index in [1.54, 1.807) is 0 Å². The molecule has 538 valence electrons. The van der Waals surface area contributed by atoms with Crippen LogP contribution in [0.3, 0.4) is 0 Å². The zero-order valence-electron chi connectivity index (χ0n) is 61.5. The maximum atomic E-state index is 13.0. The molecule has 0 bridgehead atoms. The van der Waals surface area contributed by atoms with Crippen LogP contribution in [0.15, 0.2) is 170 Å². The van der Waals surface area contributed by atoms with E-state index in [1.165, 1.54) is 122 Å². The second-order valence-corrected chi connectivity index (χ2v) is 26.2. The first-order valence-corrected chi connectivity index (χ1v) is 38.3. The van der Waals surface area contributed by atoms with E-state index >= 15 is 0 Å². The highest BCUT2D eigenvalue weighted by Gasteiger charge is 2.22. The highest BCUT2D eigenvalue weighted by molar-refractivity contribution is 5.70. The fourth-order valence-electron chi connectivity index (χ4n) is 10.2. The molecule has 0 aliphatic heterocycles. The van der Waals surface area contributed by atoms with Crippen molar-refractivity contribution in [3.63, 3.8) is 0 Å². The lowest BCUT2D eigenvalue weighted by atomic mass is 10.0. The van der Waals surface area contributed by atoms with Crippen molar-refractivity contribution in [3.05, 3.63) is 170 Å². The monoisotopic (exact) mass is 1320 g/mol. The SMILES string of the molecule is CC/C=C\C/C=C\C/C=C\C/C=C\C/C=C\C/C=C\C/C=C\C/C=C\C/C=C\CCCCCCCC(=O)OC(COC(=O)CCCCCCCCCCCCCCCCCCCCCCC/C=C\C/C=C\C/C=C\C/C=C\C/C=C\CC)COC(OCC[N+](C)(C)C)C(=O)[O-]. The number of hydrogen-bond acceptors (Lipinski definition) is 8. The van der Waals surface area contributed by atoms with E-state index in [-0.39, 0.29) is 38.6 Å². The third kappa shape index (κ3) is 75.9. The number of unbranched alkanes of at least 4 members (excludes halogenated alkanes) is 26. The lowest BCUT2D eigenvalue weighted by molar-refractivity contribution is -0.870. The van der Waals surface area contributed by atoms with Crippen LogP contribution >= 0.6 is 0 Å². The molecule has 9 heteroatoms. The van der Waals surface area contributed by atoms with E-state index in [2.05, 4.69) is 184 Å². The van der Waals surface area contributed by atoms with Gasteiger partial charge in [-0.15, -0.1) is 0 Å². The minimum Gasteiger partial charge on any atom is -0.545 e. The Morgan fingerprint density at radius 2 is 0.568 bits per heavy atom. The summed E-state index contributed by atoms with van der Waals surface area (Å²) in [4.78, 5) is 37.6. The fourth-order valence-corrected chi connectivity index (χ4v) is 10.2. The maximum absolute atomic E-state index is 13.0. The van der Waals surface area contributed by atoms with Crippen molar-refractivity contribution in [2.75, 3.05) is 47.5 Å². The Hall–Kier alpha value is -5.35. The molecule has 0 N–H and O–H groups in total. The van der Waals surface area contributed by atoms with Crippen molar-refractivity contribution in [3.8, 4) is 0 Å². The van der Waals surface area contributed by atoms with Crippen molar-refractivity contribution in [2.24, 2.45) is 0 Å². The van der Waals surface area contributed by atoms with Gasteiger partial charge in [-0.1, -0.05) is 325 Å². The van der Waals surface area contributed by atoms with Crippen molar-refractivity contribution in [2.45, 2.75) is 309 Å². The van der Waals surface area contributed by atoms with Crippen LogP contribution in [0, 0.1) is 0 Å². The quantitative estimate of drug-likeness (QED) is 0.0195. The molecule has 95 heavy (non-hydrogen) atoms. The van der Waals surface area contributed by atoms with Crippen LogP contribution in [-0.4, -0.2) is 82.3 Å². The molecule has 0 fully saturated rings. The van der Waals surface area contributed by atoms with Gasteiger partial charge in [-0.2, -0.15) is 0 Å². The number of rotatable bonds is 69. The van der Waals surface area contributed by atoms with Gasteiger partial charge in [0.15, 0.2) is 12.4 Å². The standard InChI is InChI=1S/C86H141NO8/c1-6-8-10-12-14-16-18-20-22-24-26-28-30-32-34-36-38-40-41-42-43-45-46-48-50-52-54-56-58-60-62-64-66-68-70-72-74-76-83(88)93-80-82(81-94-86(85(90)91)92-79-78-87(3,4)5)95-84(89)77-75-73-71-69-67-65-63-61-59-57-55-53-51-49-47-44-39-37-35-33-31-29-27-25-23-21-19-17-15-13-11-9-7-2/h8-11,14-17,20-23,26-29,32-35,39,44,49,51,55,57,61,63,82,86H,6-7,12-13,18-19,24-25,30-31,36-38,40-43,45-48,50,52-54,56,58-60,62,64-81H2,1-5H3/b10-8-,11-9-,16-14-,17-15-,22-20-,23-21-,28-26-,29-27-,34-32-,35-33-,44-39-,51-49-,57-55-,63-61-. The number of quaternary nitrogens is 1. The van der Waals surface area contributed by atoms with Crippen LogP contribution in [0.5, 0.6) is 0 Å². The molecule has 0 amide bonds. The zero-order chi connectivity index (χ0) is 69.0. The van der Waals surface area contributed by atoms with Crippen LogP contribution in [0.2, 0.25) is 0 Å². The van der Waals surface area contributed by atoms with Gasteiger partial charge in [0.25, 0.3) is 0 Å². The number of carboxylic acids is 1. The Morgan fingerprint density at radius 1 is 0.316 bits per heavy atom. The fraction of sp³-hybridized carbons (Fsp3) is 0.640. The third-order valence-electron chi connectivity index (χ3n) is 16.0. The van der Waals surface area contributed by atoms with Gasteiger partial charge in [0.05, 0.1) is 40.3 Å². The third-order valence-corrected chi connectivity index (χ3v) is 16.0. The van der Waals surface area contributed by atoms with E-state index in [9.17, 15) is 19.5 Å². The Bertz CT molecular complexity index is 2170. The van der Waals surface area contributed by atoms with Crippen molar-refractivity contribution in [1.82, 2.24) is 0 Å². The van der Waals surface area contributed by atoms with Gasteiger partial charge in [-0.05, 0) is 128 Å².